The number of hydrogen-bond acceptors (Lipinski definition) is 3. The third kappa shape index (κ3) is 4.69. The summed E-state index contributed by atoms with van der Waals surface area (Å²) in [5, 5.41) is 9.28. The summed E-state index contributed by atoms with van der Waals surface area (Å²) < 4.78 is 22.9. The third-order valence-electron chi connectivity index (χ3n) is 1.66. The Kier molecular flexibility index (Phi) is 4.74. The highest BCUT2D eigenvalue weighted by molar-refractivity contribution is 7.88. The lowest BCUT2D eigenvalue weighted by atomic mass is 10.2. The van der Waals surface area contributed by atoms with Crippen LogP contribution in [0, 0.1) is 0 Å². The van der Waals surface area contributed by atoms with Gasteiger partial charge in [-0.3, -0.25) is 0 Å². The van der Waals surface area contributed by atoms with Crippen LogP contribution in [0.5, 0.6) is 0 Å². The molecule has 12 heavy (non-hydrogen) atoms. The molecule has 0 rings (SSSR count). The molecule has 0 bridgehead atoms. The number of sulfonamides is 1. The van der Waals surface area contributed by atoms with E-state index in [1.807, 2.05) is 6.92 Å². The fourth-order valence-electron chi connectivity index (χ4n) is 0.857. The van der Waals surface area contributed by atoms with E-state index in [0.717, 1.165) is 17.0 Å². The predicted octanol–water partition coefficient (Wildman–Crippen LogP) is 0.0388. The van der Waals surface area contributed by atoms with E-state index >= 15 is 0 Å². The first-order chi connectivity index (χ1) is 5.38. The van der Waals surface area contributed by atoms with Crippen molar-refractivity contribution in [3.63, 3.8) is 0 Å². The molecular formula is C7H17NO3S. The zero-order valence-electron chi connectivity index (χ0n) is 7.82. The Labute approximate surface area is 74.2 Å². The van der Waals surface area contributed by atoms with Gasteiger partial charge >= 0.3 is 0 Å². The van der Waals surface area contributed by atoms with Crippen molar-refractivity contribution in [2.45, 2.75) is 25.9 Å². The zero-order chi connectivity index (χ0) is 9.78. The van der Waals surface area contributed by atoms with Crippen LogP contribution in [0.15, 0.2) is 0 Å². The fraction of sp³-hybridized carbons (Fsp3) is 1.00. The van der Waals surface area contributed by atoms with E-state index in [1.165, 1.54) is 7.05 Å². The Balaban J connectivity index is 3.93. The summed E-state index contributed by atoms with van der Waals surface area (Å²) in [6.07, 6.45) is 2.08. The topological polar surface area (TPSA) is 57.6 Å². The number of nitrogens with zero attached hydrogens (tertiary/aromatic N) is 1. The molecule has 74 valence electrons. The standard InChI is InChI=1S/C7H17NO3S/c1-4-5-7(9)6-8(2)12(3,10)11/h7,9H,4-6H2,1-3H3/t7-/m1/s1. The smallest absolute Gasteiger partial charge is 0.211 e. The monoisotopic (exact) mass is 195 g/mol. The Bertz CT molecular complexity index is 213. The molecule has 0 aromatic carbocycles. The summed E-state index contributed by atoms with van der Waals surface area (Å²) in [5.41, 5.74) is 0. The lowest BCUT2D eigenvalue weighted by Crippen LogP contribution is -2.33. The molecule has 0 aliphatic carbocycles. The molecule has 1 atom stereocenters. The van der Waals surface area contributed by atoms with Gasteiger partial charge in [0.2, 0.25) is 10.0 Å². The van der Waals surface area contributed by atoms with E-state index < -0.39 is 16.1 Å². The molecule has 1 N–H and O–H groups in total. The quantitative estimate of drug-likeness (QED) is 0.674. The lowest BCUT2D eigenvalue weighted by Gasteiger charge is -2.17. The summed E-state index contributed by atoms with van der Waals surface area (Å²) in [5.74, 6) is 0. The first-order valence-corrected chi connectivity index (χ1v) is 5.82. The van der Waals surface area contributed by atoms with Crippen LogP contribution in [0.2, 0.25) is 0 Å². The van der Waals surface area contributed by atoms with Crippen molar-refractivity contribution < 1.29 is 13.5 Å². The highest BCUT2D eigenvalue weighted by Crippen LogP contribution is 2.01. The van der Waals surface area contributed by atoms with E-state index in [0.29, 0.717) is 6.42 Å². The van der Waals surface area contributed by atoms with Crippen molar-refractivity contribution in [1.29, 1.82) is 0 Å². The van der Waals surface area contributed by atoms with E-state index in [1.54, 1.807) is 0 Å². The molecule has 0 aromatic heterocycles. The van der Waals surface area contributed by atoms with Gasteiger partial charge in [-0.2, -0.15) is 0 Å². The Morgan fingerprint density at radius 1 is 1.50 bits per heavy atom. The van der Waals surface area contributed by atoms with Gasteiger partial charge in [0, 0.05) is 13.6 Å². The van der Waals surface area contributed by atoms with Gasteiger partial charge in [-0.1, -0.05) is 13.3 Å². The number of likely N-dealkylation sites (N-methyl/N-ethyl adjacent to an activating group) is 1. The normalized spacial score (nSPS) is 15.1. The molecule has 5 heteroatoms. The van der Waals surface area contributed by atoms with Crippen LogP contribution in [-0.2, 0) is 10.0 Å². The van der Waals surface area contributed by atoms with Crippen LogP contribution < -0.4 is 0 Å². The maximum atomic E-state index is 10.9. The number of aliphatic hydroxyl groups is 1. The molecule has 0 unspecified atom stereocenters. The lowest BCUT2D eigenvalue weighted by molar-refractivity contribution is 0.143. The van der Waals surface area contributed by atoms with Gasteiger partial charge in [0.15, 0.2) is 0 Å². The molecule has 0 heterocycles. The second-order valence-corrected chi connectivity index (χ2v) is 5.08. The molecule has 4 nitrogen and oxygen atoms in total. The van der Waals surface area contributed by atoms with Crippen molar-refractivity contribution in [3.8, 4) is 0 Å². The Morgan fingerprint density at radius 2 is 2.00 bits per heavy atom. The number of aliphatic hydroxyl groups excluding tert-OH is 1. The van der Waals surface area contributed by atoms with Crippen molar-refractivity contribution in [1.82, 2.24) is 4.31 Å². The summed E-state index contributed by atoms with van der Waals surface area (Å²) in [6.45, 7) is 2.14. The largest absolute Gasteiger partial charge is 0.392 e. The van der Waals surface area contributed by atoms with Gasteiger partial charge in [0.1, 0.15) is 0 Å². The van der Waals surface area contributed by atoms with Crippen molar-refractivity contribution in [2.24, 2.45) is 0 Å². The van der Waals surface area contributed by atoms with Gasteiger partial charge < -0.3 is 5.11 Å². The molecule has 0 saturated carbocycles. The molecule has 0 aliphatic heterocycles. The van der Waals surface area contributed by atoms with Gasteiger partial charge in [-0.25, -0.2) is 12.7 Å². The second kappa shape index (κ2) is 4.79. The maximum absolute atomic E-state index is 10.9. The summed E-state index contributed by atoms with van der Waals surface area (Å²) in [6, 6.07) is 0. The molecule has 0 amide bonds. The van der Waals surface area contributed by atoms with Gasteiger partial charge in [0.25, 0.3) is 0 Å². The molecule has 0 aromatic rings. The first kappa shape index (κ1) is 11.9. The average molecular weight is 195 g/mol. The third-order valence-corrected chi connectivity index (χ3v) is 2.94. The van der Waals surface area contributed by atoms with Gasteiger partial charge in [-0.05, 0) is 6.42 Å². The maximum Gasteiger partial charge on any atom is 0.211 e. The summed E-state index contributed by atoms with van der Waals surface area (Å²) in [4.78, 5) is 0. The number of rotatable bonds is 5. The van der Waals surface area contributed by atoms with Crippen LogP contribution in [-0.4, -0.2) is 43.8 Å². The van der Waals surface area contributed by atoms with E-state index in [2.05, 4.69) is 0 Å². The van der Waals surface area contributed by atoms with Crippen LogP contribution >= 0.6 is 0 Å². The molecule has 0 aliphatic rings. The Hall–Kier alpha value is -0.130. The minimum atomic E-state index is -3.14. The van der Waals surface area contributed by atoms with E-state index in [-0.39, 0.29) is 6.54 Å². The molecule has 0 radical (unpaired) electrons. The zero-order valence-corrected chi connectivity index (χ0v) is 8.63. The summed E-state index contributed by atoms with van der Waals surface area (Å²) in [7, 11) is -1.68. The van der Waals surface area contributed by atoms with Gasteiger partial charge in [-0.15, -0.1) is 0 Å². The van der Waals surface area contributed by atoms with Crippen molar-refractivity contribution in [2.75, 3.05) is 19.8 Å². The SMILES string of the molecule is CCC[C@@H](O)CN(C)S(C)(=O)=O. The average Bonchev–Trinajstić information content (AvgIpc) is 1.85. The van der Waals surface area contributed by atoms with Crippen LogP contribution in [0.1, 0.15) is 19.8 Å². The minimum absolute atomic E-state index is 0.187. The molecular weight excluding hydrogens is 178 g/mol. The van der Waals surface area contributed by atoms with Gasteiger partial charge in [0.05, 0.1) is 12.4 Å². The molecule has 0 saturated heterocycles. The molecule has 0 spiro atoms. The highest BCUT2D eigenvalue weighted by atomic mass is 32.2. The summed E-state index contributed by atoms with van der Waals surface area (Å²) >= 11 is 0. The predicted molar refractivity (Wildman–Crippen MR) is 48.4 cm³/mol. The highest BCUT2D eigenvalue weighted by Gasteiger charge is 2.14. The fourth-order valence-corrected chi connectivity index (χ4v) is 1.30. The second-order valence-electron chi connectivity index (χ2n) is 2.99. The first-order valence-electron chi connectivity index (χ1n) is 3.97. The van der Waals surface area contributed by atoms with E-state index in [4.69, 9.17) is 0 Å². The van der Waals surface area contributed by atoms with Crippen LogP contribution in [0.4, 0.5) is 0 Å². The van der Waals surface area contributed by atoms with E-state index in [9.17, 15) is 13.5 Å². The number of hydrogen-bond donors (Lipinski definition) is 1. The molecule has 0 fully saturated rings. The Morgan fingerprint density at radius 3 is 2.33 bits per heavy atom. The van der Waals surface area contributed by atoms with Crippen LogP contribution in [0.25, 0.3) is 0 Å². The van der Waals surface area contributed by atoms with Crippen molar-refractivity contribution in [3.05, 3.63) is 0 Å². The van der Waals surface area contributed by atoms with Crippen LogP contribution in [0.3, 0.4) is 0 Å². The van der Waals surface area contributed by atoms with Crippen molar-refractivity contribution >= 4 is 10.0 Å². The minimum Gasteiger partial charge on any atom is -0.392 e.